The number of thiophene rings is 1. The van der Waals surface area contributed by atoms with Crippen LogP contribution in [0.15, 0.2) is 73.1 Å². The number of hydrogen-bond acceptors (Lipinski definition) is 6. The van der Waals surface area contributed by atoms with E-state index in [2.05, 4.69) is 58.8 Å². The Balaban J connectivity index is 1.76. The van der Waals surface area contributed by atoms with Gasteiger partial charge in [0.15, 0.2) is 11.6 Å². The van der Waals surface area contributed by atoms with Crippen molar-refractivity contribution >= 4 is 27.4 Å². The molecule has 2 aromatic carbocycles. The second kappa shape index (κ2) is 9.52. The van der Waals surface area contributed by atoms with Crippen molar-refractivity contribution in [2.24, 2.45) is 7.05 Å². The molecule has 7 heteroatoms. The summed E-state index contributed by atoms with van der Waals surface area (Å²) in [4.78, 5) is 16.5. The molecule has 0 aliphatic rings. The van der Waals surface area contributed by atoms with Gasteiger partial charge in [0.2, 0.25) is 0 Å². The number of fused-ring (bicyclic) bond motifs is 1. The minimum Gasteiger partial charge on any atom is -0.380 e. The molecule has 0 aliphatic carbocycles. The van der Waals surface area contributed by atoms with Gasteiger partial charge in [0.25, 0.3) is 0 Å². The van der Waals surface area contributed by atoms with E-state index in [1.165, 1.54) is 4.88 Å². The van der Waals surface area contributed by atoms with E-state index in [0.29, 0.717) is 25.6 Å². The van der Waals surface area contributed by atoms with Crippen molar-refractivity contribution < 1.29 is 4.74 Å². The quantitative estimate of drug-likeness (QED) is 0.296. The van der Waals surface area contributed by atoms with E-state index in [1.807, 2.05) is 36.9 Å². The maximum atomic E-state index is 5.56. The van der Waals surface area contributed by atoms with Crippen molar-refractivity contribution in [1.29, 1.82) is 0 Å². The molecule has 0 spiro atoms. The van der Waals surface area contributed by atoms with E-state index in [4.69, 9.17) is 14.7 Å². The van der Waals surface area contributed by atoms with E-state index in [1.54, 1.807) is 17.5 Å². The van der Waals surface area contributed by atoms with Crippen LogP contribution in [-0.2, 0) is 11.8 Å². The lowest BCUT2D eigenvalue weighted by atomic mass is 9.99. The SMILES string of the molecule is CCOCCNc1nc(-c2nccn2C)nc2sc(-c3ccccc3)c(-c3ccccc3)c12. The molecule has 0 amide bonds. The van der Waals surface area contributed by atoms with Crippen LogP contribution >= 0.6 is 11.3 Å². The Morgan fingerprint density at radius 2 is 1.70 bits per heavy atom. The number of benzene rings is 2. The van der Waals surface area contributed by atoms with Crippen molar-refractivity contribution in [3.05, 3.63) is 73.1 Å². The van der Waals surface area contributed by atoms with Gasteiger partial charge >= 0.3 is 0 Å². The van der Waals surface area contributed by atoms with Crippen molar-refractivity contribution in [1.82, 2.24) is 19.5 Å². The van der Waals surface area contributed by atoms with E-state index < -0.39 is 0 Å². The molecule has 0 aliphatic heterocycles. The second-order valence-electron chi connectivity index (χ2n) is 7.60. The highest BCUT2D eigenvalue weighted by molar-refractivity contribution is 7.22. The fourth-order valence-electron chi connectivity index (χ4n) is 3.87. The molecule has 0 saturated carbocycles. The van der Waals surface area contributed by atoms with Gasteiger partial charge in [0, 0.05) is 43.0 Å². The molecule has 0 fully saturated rings. The summed E-state index contributed by atoms with van der Waals surface area (Å²) < 4.78 is 7.50. The zero-order valence-electron chi connectivity index (χ0n) is 18.7. The lowest BCUT2D eigenvalue weighted by Gasteiger charge is -2.11. The predicted octanol–water partition coefficient (Wildman–Crippen LogP) is 5.87. The lowest BCUT2D eigenvalue weighted by Crippen LogP contribution is -2.11. The van der Waals surface area contributed by atoms with Gasteiger partial charge in [0.1, 0.15) is 10.6 Å². The Morgan fingerprint density at radius 1 is 0.970 bits per heavy atom. The summed E-state index contributed by atoms with van der Waals surface area (Å²) >= 11 is 1.69. The Bertz CT molecular complexity index is 1360. The number of hydrogen-bond donors (Lipinski definition) is 1. The van der Waals surface area contributed by atoms with Gasteiger partial charge in [-0.2, -0.15) is 0 Å². The van der Waals surface area contributed by atoms with Crippen LogP contribution < -0.4 is 5.32 Å². The van der Waals surface area contributed by atoms with E-state index in [9.17, 15) is 0 Å². The van der Waals surface area contributed by atoms with Crippen LogP contribution in [0.5, 0.6) is 0 Å². The van der Waals surface area contributed by atoms with Gasteiger partial charge in [0.05, 0.1) is 12.0 Å². The topological polar surface area (TPSA) is 64.9 Å². The molecule has 5 rings (SSSR count). The molecule has 0 saturated heterocycles. The van der Waals surface area contributed by atoms with Crippen LogP contribution in [0.1, 0.15) is 6.92 Å². The number of nitrogens with zero attached hydrogens (tertiary/aromatic N) is 4. The standard InChI is InChI=1S/C26H25N5OS/c1-3-32-17-15-27-23-21-20(18-10-6-4-7-11-18)22(19-12-8-5-9-13-19)33-26(21)30-24(29-23)25-28-14-16-31(25)2/h4-14,16H,3,15,17H2,1-2H3,(H,27,29,30). The number of anilines is 1. The Kier molecular flexibility index (Phi) is 6.15. The first-order chi connectivity index (χ1) is 16.3. The number of ether oxygens (including phenoxy) is 1. The van der Waals surface area contributed by atoms with Crippen LogP contribution in [0, 0.1) is 0 Å². The fraction of sp³-hybridized carbons (Fsp3) is 0.192. The van der Waals surface area contributed by atoms with Gasteiger partial charge in [-0.3, -0.25) is 0 Å². The second-order valence-corrected chi connectivity index (χ2v) is 8.60. The smallest absolute Gasteiger partial charge is 0.199 e. The molecule has 0 atom stereocenters. The molecule has 1 N–H and O–H groups in total. The normalized spacial score (nSPS) is 11.2. The highest BCUT2D eigenvalue weighted by Crippen LogP contribution is 2.46. The third kappa shape index (κ3) is 4.25. The molecular weight excluding hydrogens is 430 g/mol. The largest absolute Gasteiger partial charge is 0.380 e. The highest BCUT2D eigenvalue weighted by Gasteiger charge is 2.22. The van der Waals surface area contributed by atoms with E-state index in [-0.39, 0.29) is 0 Å². The zero-order valence-corrected chi connectivity index (χ0v) is 19.5. The summed E-state index contributed by atoms with van der Waals surface area (Å²) in [6.45, 7) is 3.95. The summed E-state index contributed by atoms with van der Waals surface area (Å²) in [6, 6.07) is 20.9. The fourth-order valence-corrected chi connectivity index (χ4v) is 5.07. The molecule has 166 valence electrons. The average molecular weight is 456 g/mol. The molecule has 0 radical (unpaired) electrons. The molecule has 0 unspecified atom stereocenters. The monoisotopic (exact) mass is 455 g/mol. The van der Waals surface area contributed by atoms with Crippen LogP contribution in [-0.4, -0.2) is 39.3 Å². The highest BCUT2D eigenvalue weighted by atomic mass is 32.1. The molecule has 3 heterocycles. The summed E-state index contributed by atoms with van der Waals surface area (Å²) in [6.07, 6.45) is 3.68. The maximum Gasteiger partial charge on any atom is 0.199 e. The molecule has 33 heavy (non-hydrogen) atoms. The molecular formula is C26H25N5OS. The summed E-state index contributed by atoms with van der Waals surface area (Å²) in [5.41, 5.74) is 3.45. The number of imidazole rings is 1. The molecule has 6 nitrogen and oxygen atoms in total. The van der Waals surface area contributed by atoms with Crippen molar-refractivity contribution in [2.45, 2.75) is 6.92 Å². The Morgan fingerprint density at radius 3 is 2.36 bits per heavy atom. The minimum absolute atomic E-state index is 0.606. The van der Waals surface area contributed by atoms with Gasteiger partial charge < -0.3 is 14.6 Å². The summed E-state index contributed by atoms with van der Waals surface area (Å²) in [5.74, 6) is 2.14. The molecule has 3 aromatic heterocycles. The van der Waals surface area contributed by atoms with Crippen molar-refractivity contribution in [3.8, 4) is 33.2 Å². The third-order valence-electron chi connectivity index (χ3n) is 5.41. The minimum atomic E-state index is 0.606. The lowest BCUT2D eigenvalue weighted by molar-refractivity contribution is 0.158. The van der Waals surface area contributed by atoms with Crippen LogP contribution in [0.2, 0.25) is 0 Å². The molecule has 0 bridgehead atoms. The van der Waals surface area contributed by atoms with Gasteiger partial charge in [-0.15, -0.1) is 11.3 Å². The Labute approximate surface area is 196 Å². The summed E-state index contributed by atoms with van der Waals surface area (Å²) in [5, 5.41) is 4.54. The first kappa shape index (κ1) is 21.3. The van der Waals surface area contributed by atoms with Crippen LogP contribution in [0.25, 0.3) is 43.4 Å². The summed E-state index contributed by atoms with van der Waals surface area (Å²) in [7, 11) is 1.96. The van der Waals surface area contributed by atoms with Gasteiger partial charge in [-0.25, -0.2) is 15.0 Å². The third-order valence-corrected chi connectivity index (χ3v) is 6.55. The van der Waals surface area contributed by atoms with Gasteiger partial charge in [-0.1, -0.05) is 60.7 Å². The predicted molar refractivity (Wildman–Crippen MR) is 135 cm³/mol. The number of nitrogens with one attached hydrogen (secondary N) is 1. The number of rotatable bonds is 8. The van der Waals surface area contributed by atoms with Gasteiger partial charge in [-0.05, 0) is 18.1 Å². The van der Waals surface area contributed by atoms with Crippen molar-refractivity contribution in [2.75, 3.05) is 25.1 Å². The number of aromatic nitrogens is 4. The average Bonchev–Trinajstić information content (AvgIpc) is 3.46. The van der Waals surface area contributed by atoms with Crippen LogP contribution in [0.4, 0.5) is 5.82 Å². The Hall–Kier alpha value is -3.55. The van der Waals surface area contributed by atoms with Crippen molar-refractivity contribution in [3.63, 3.8) is 0 Å². The first-order valence-electron chi connectivity index (χ1n) is 11.0. The zero-order chi connectivity index (χ0) is 22.6. The number of aryl methyl sites for hydroxylation is 1. The maximum absolute atomic E-state index is 5.56. The molecule has 5 aromatic rings. The van der Waals surface area contributed by atoms with E-state index in [0.717, 1.165) is 38.5 Å². The first-order valence-corrected chi connectivity index (χ1v) is 11.8. The van der Waals surface area contributed by atoms with E-state index >= 15 is 0 Å². The van der Waals surface area contributed by atoms with Crippen LogP contribution in [0.3, 0.4) is 0 Å².